The molecule has 0 radical (unpaired) electrons. The van der Waals surface area contributed by atoms with Gasteiger partial charge in [-0.3, -0.25) is 9.48 Å². The van der Waals surface area contributed by atoms with Crippen LogP contribution in [-0.4, -0.2) is 25.8 Å². The summed E-state index contributed by atoms with van der Waals surface area (Å²) in [5, 5.41) is 10.9. The van der Waals surface area contributed by atoms with E-state index in [2.05, 4.69) is 20.6 Å². The second-order valence-corrected chi connectivity index (χ2v) is 5.05. The first-order valence-electron chi connectivity index (χ1n) is 7.38. The highest BCUT2D eigenvalue weighted by Crippen LogP contribution is 2.14. The number of benzene rings is 1. The Morgan fingerprint density at radius 2 is 2.09 bits per heavy atom. The first kappa shape index (κ1) is 15.0. The molecule has 23 heavy (non-hydrogen) atoms. The van der Waals surface area contributed by atoms with Crippen molar-refractivity contribution in [3.05, 3.63) is 53.7 Å². The molecule has 0 aliphatic rings. The Hall–Kier alpha value is -2.96. The van der Waals surface area contributed by atoms with Crippen molar-refractivity contribution in [1.82, 2.24) is 25.2 Å². The minimum Gasteiger partial charge on any atom is -0.342 e. The molecule has 1 aromatic carbocycles. The molecule has 118 valence electrons. The van der Waals surface area contributed by atoms with Crippen LogP contribution in [0.5, 0.6) is 0 Å². The van der Waals surface area contributed by atoms with Crippen LogP contribution < -0.4 is 5.32 Å². The molecule has 7 nitrogen and oxygen atoms in total. The quantitative estimate of drug-likeness (QED) is 0.780. The minimum atomic E-state index is -0.264. The van der Waals surface area contributed by atoms with Gasteiger partial charge in [-0.2, -0.15) is 10.1 Å². The third-order valence-corrected chi connectivity index (χ3v) is 3.41. The third kappa shape index (κ3) is 3.28. The summed E-state index contributed by atoms with van der Waals surface area (Å²) < 4.78 is 6.93. The average molecular weight is 311 g/mol. The van der Waals surface area contributed by atoms with Gasteiger partial charge in [-0.1, -0.05) is 35.5 Å². The zero-order valence-electron chi connectivity index (χ0n) is 13.0. The smallest absolute Gasteiger partial charge is 0.272 e. The van der Waals surface area contributed by atoms with E-state index < -0.39 is 0 Å². The van der Waals surface area contributed by atoms with Gasteiger partial charge in [0.2, 0.25) is 11.7 Å². The molecule has 2 heterocycles. The van der Waals surface area contributed by atoms with Gasteiger partial charge in [-0.15, -0.1) is 0 Å². The highest BCUT2D eigenvalue weighted by molar-refractivity contribution is 5.92. The summed E-state index contributed by atoms with van der Waals surface area (Å²) in [7, 11) is 0. The Kier molecular flexibility index (Phi) is 4.18. The molecule has 7 heteroatoms. The monoisotopic (exact) mass is 311 g/mol. The predicted octanol–water partition coefficient (Wildman–Crippen LogP) is 2.19. The fraction of sp³-hybridized carbons (Fsp3) is 0.250. The molecule has 0 spiro atoms. The second-order valence-electron chi connectivity index (χ2n) is 5.05. The van der Waals surface area contributed by atoms with E-state index in [1.807, 2.05) is 44.2 Å². The Bertz CT molecular complexity index is 807. The summed E-state index contributed by atoms with van der Waals surface area (Å²) in [6.45, 7) is 4.78. The number of nitrogens with zero attached hydrogens (tertiary/aromatic N) is 4. The van der Waals surface area contributed by atoms with E-state index in [4.69, 9.17) is 4.52 Å². The van der Waals surface area contributed by atoms with Gasteiger partial charge in [0.1, 0.15) is 5.69 Å². The standard InChI is InChI=1S/C16H17N5O2/c1-3-21-11(2)9-13(19-21)16(22)17-10-14-18-15(20-23-14)12-7-5-4-6-8-12/h4-9H,3,10H2,1-2H3,(H,17,22). The zero-order valence-corrected chi connectivity index (χ0v) is 13.0. The van der Waals surface area contributed by atoms with E-state index in [9.17, 15) is 4.79 Å². The summed E-state index contributed by atoms with van der Waals surface area (Å²) in [6.07, 6.45) is 0. The van der Waals surface area contributed by atoms with Gasteiger partial charge in [0, 0.05) is 17.8 Å². The van der Waals surface area contributed by atoms with E-state index in [0.29, 0.717) is 17.4 Å². The molecule has 0 atom stereocenters. The van der Waals surface area contributed by atoms with E-state index in [1.54, 1.807) is 10.7 Å². The van der Waals surface area contributed by atoms with E-state index in [0.717, 1.165) is 17.8 Å². The van der Waals surface area contributed by atoms with Gasteiger partial charge in [-0.25, -0.2) is 0 Å². The number of carbonyl (C=O) groups is 1. The van der Waals surface area contributed by atoms with Crippen molar-refractivity contribution in [3.63, 3.8) is 0 Å². The van der Waals surface area contributed by atoms with Gasteiger partial charge in [0.05, 0.1) is 6.54 Å². The molecule has 0 unspecified atom stereocenters. The Labute approximate surface area is 133 Å². The lowest BCUT2D eigenvalue weighted by atomic mass is 10.2. The van der Waals surface area contributed by atoms with Gasteiger partial charge in [0.15, 0.2) is 0 Å². The molecule has 0 saturated carbocycles. The Morgan fingerprint density at radius 3 is 2.78 bits per heavy atom. The number of aryl methyl sites for hydroxylation is 2. The highest BCUT2D eigenvalue weighted by Gasteiger charge is 2.14. The van der Waals surface area contributed by atoms with Crippen LogP contribution in [0.2, 0.25) is 0 Å². The first-order chi connectivity index (χ1) is 11.2. The van der Waals surface area contributed by atoms with E-state index in [1.165, 1.54) is 0 Å². The largest absolute Gasteiger partial charge is 0.342 e. The van der Waals surface area contributed by atoms with Crippen molar-refractivity contribution in [2.45, 2.75) is 26.9 Å². The maximum absolute atomic E-state index is 12.1. The maximum atomic E-state index is 12.1. The van der Waals surface area contributed by atoms with Gasteiger partial charge >= 0.3 is 0 Å². The van der Waals surface area contributed by atoms with Gasteiger partial charge < -0.3 is 9.84 Å². The topological polar surface area (TPSA) is 85.8 Å². The molecule has 0 bridgehead atoms. The molecule has 3 rings (SSSR count). The SMILES string of the molecule is CCn1nc(C(=O)NCc2nc(-c3ccccc3)no2)cc1C. The molecule has 0 aliphatic carbocycles. The molecular formula is C16H17N5O2. The third-order valence-electron chi connectivity index (χ3n) is 3.41. The summed E-state index contributed by atoms with van der Waals surface area (Å²) in [5.41, 5.74) is 2.19. The van der Waals surface area contributed by atoms with Gasteiger partial charge in [-0.05, 0) is 19.9 Å². The number of hydrogen-bond donors (Lipinski definition) is 1. The van der Waals surface area contributed by atoms with Crippen LogP contribution in [-0.2, 0) is 13.1 Å². The van der Waals surface area contributed by atoms with Crippen LogP contribution in [0.3, 0.4) is 0 Å². The van der Waals surface area contributed by atoms with E-state index in [-0.39, 0.29) is 12.5 Å². The minimum absolute atomic E-state index is 0.163. The average Bonchev–Trinajstić information content (AvgIpc) is 3.20. The molecule has 1 amide bonds. The lowest BCUT2D eigenvalue weighted by Gasteiger charge is -1.99. The fourth-order valence-corrected chi connectivity index (χ4v) is 2.22. The predicted molar refractivity (Wildman–Crippen MR) is 83.5 cm³/mol. The van der Waals surface area contributed by atoms with E-state index >= 15 is 0 Å². The van der Waals surface area contributed by atoms with Crippen LogP contribution in [0.1, 0.15) is 29.0 Å². The molecule has 0 aliphatic heterocycles. The van der Waals surface area contributed by atoms with Crippen molar-refractivity contribution in [1.29, 1.82) is 0 Å². The van der Waals surface area contributed by atoms with Crippen molar-refractivity contribution >= 4 is 5.91 Å². The lowest BCUT2D eigenvalue weighted by molar-refractivity contribution is 0.0940. The zero-order chi connectivity index (χ0) is 16.2. The number of aromatic nitrogens is 4. The molecule has 0 saturated heterocycles. The highest BCUT2D eigenvalue weighted by atomic mass is 16.5. The molecule has 0 fully saturated rings. The number of hydrogen-bond acceptors (Lipinski definition) is 5. The summed E-state index contributed by atoms with van der Waals surface area (Å²) in [4.78, 5) is 16.4. The van der Waals surface area contributed by atoms with Crippen molar-refractivity contribution in [2.75, 3.05) is 0 Å². The molecule has 3 aromatic rings. The number of amides is 1. The van der Waals surface area contributed by atoms with Gasteiger partial charge in [0.25, 0.3) is 5.91 Å². The Morgan fingerprint density at radius 1 is 1.30 bits per heavy atom. The fourth-order valence-electron chi connectivity index (χ4n) is 2.22. The lowest BCUT2D eigenvalue weighted by Crippen LogP contribution is -2.23. The molecule has 1 N–H and O–H groups in total. The molecule has 2 aromatic heterocycles. The van der Waals surface area contributed by atoms with Crippen molar-refractivity contribution in [2.24, 2.45) is 0 Å². The van der Waals surface area contributed by atoms with Crippen LogP contribution in [0.4, 0.5) is 0 Å². The summed E-state index contributed by atoms with van der Waals surface area (Å²) in [5.74, 6) is 0.588. The first-order valence-corrected chi connectivity index (χ1v) is 7.38. The molecular weight excluding hydrogens is 294 g/mol. The summed E-state index contributed by atoms with van der Waals surface area (Å²) in [6, 6.07) is 11.3. The van der Waals surface area contributed by atoms with Crippen LogP contribution >= 0.6 is 0 Å². The normalized spacial score (nSPS) is 10.7. The summed E-state index contributed by atoms with van der Waals surface area (Å²) >= 11 is 0. The second kappa shape index (κ2) is 6.43. The number of nitrogens with one attached hydrogen (secondary N) is 1. The maximum Gasteiger partial charge on any atom is 0.272 e. The van der Waals surface area contributed by atoms with Crippen molar-refractivity contribution < 1.29 is 9.32 Å². The number of rotatable bonds is 5. The van der Waals surface area contributed by atoms with Crippen LogP contribution in [0.25, 0.3) is 11.4 Å². The van der Waals surface area contributed by atoms with Crippen molar-refractivity contribution in [3.8, 4) is 11.4 Å². The van der Waals surface area contributed by atoms with Crippen LogP contribution in [0, 0.1) is 6.92 Å². The number of carbonyl (C=O) groups excluding carboxylic acids is 1. The Balaban J connectivity index is 1.64. The van der Waals surface area contributed by atoms with Crippen LogP contribution in [0.15, 0.2) is 40.9 Å².